The van der Waals surface area contributed by atoms with E-state index >= 15 is 0 Å². The zero-order valence-electron chi connectivity index (χ0n) is 12.9. The van der Waals surface area contributed by atoms with Crippen LogP contribution in [0, 0.1) is 25.2 Å². The summed E-state index contributed by atoms with van der Waals surface area (Å²) in [7, 11) is 0. The molecule has 0 aromatic heterocycles. The van der Waals surface area contributed by atoms with Gasteiger partial charge in [0.25, 0.3) is 0 Å². The molecular formula is C17H25N3. The average molecular weight is 271 g/mol. The Hall–Kier alpha value is -1.37. The van der Waals surface area contributed by atoms with Crippen molar-refractivity contribution in [2.45, 2.75) is 39.8 Å². The SMILES string of the molecule is CCC(C#N)N1CCN(Cc2cc(C)cc(C)c2)CC1. The standard InChI is InChI=1S/C17H25N3/c1-4-17(12-18)20-7-5-19(6-8-20)13-16-10-14(2)9-15(3)11-16/h9-11,17H,4-8,13H2,1-3H3. The van der Waals surface area contributed by atoms with Gasteiger partial charge in [0.2, 0.25) is 0 Å². The molecule has 3 nitrogen and oxygen atoms in total. The quantitative estimate of drug-likeness (QED) is 0.843. The van der Waals surface area contributed by atoms with Crippen LogP contribution in [0.3, 0.4) is 0 Å². The lowest BCUT2D eigenvalue weighted by atomic mass is 10.1. The lowest BCUT2D eigenvalue weighted by molar-refractivity contribution is 0.108. The molecule has 0 saturated carbocycles. The molecule has 1 aliphatic heterocycles. The molecule has 1 saturated heterocycles. The van der Waals surface area contributed by atoms with Gasteiger partial charge in [0.05, 0.1) is 12.1 Å². The van der Waals surface area contributed by atoms with E-state index in [4.69, 9.17) is 5.26 Å². The lowest BCUT2D eigenvalue weighted by Gasteiger charge is -2.36. The smallest absolute Gasteiger partial charge is 0.0976 e. The molecule has 1 aliphatic rings. The molecule has 1 aromatic carbocycles. The maximum absolute atomic E-state index is 9.14. The maximum Gasteiger partial charge on any atom is 0.0976 e. The number of nitriles is 1. The highest BCUT2D eigenvalue weighted by Crippen LogP contribution is 2.14. The van der Waals surface area contributed by atoms with E-state index in [1.54, 1.807) is 0 Å². The van der Waals surface area contributed by atoms with Crippen LogP contribution in [-0.4, -0.2) is 42.0 Å². The van der Waals surface area contributed by atoms with Crippen molar-refractivity contribution in [3.8, 4) is 6.07 Å². The minimum atomic E-state index is 0.0957. The Morgan fingerprint density at radius 2 is 1.70 bits per heavy atom. The zero-order chi connectivity index (χ0) is 14.5. The van der Waals surface area contributed by atoms with E-state index in [9.17, 15) is 0 Å². The van der Waals surface area contributed by atoms with Gasteiger partial charge in [0, 0.05) is 32.7 Å². The van der Waals surface area contributed by atoms with Crippen LogP contribution in [0.4, 0.5) is 0 Å². The van der Waals surface area contributed by atoms with Gasteiger partial charge in [0.15, 0.2) is 0 Å². The van der Waals surface area contributed by atoms with E-state index in [1.165, 1.54) is 16.7 Å². The first kappa shape index (κ1) is 15.0. The fourth-order valence-corrected chi connectivity index (χ4v) is 3.08. The van der Waals surface area contributed by atoms with Crippen LogP contribution in [-0.2, 0) is 6.54 Å². The second-order valence-electron chi connectivity index (χ2n) is 5.86. The fourth-order valence-electron chi connectivity index (χ4n) is 3.08. The first-order valence-electron chi connectivity index (χ1n) is 7.55. The number of hydrogen-bond donors (Lipinski definition) is 0. The Labute approximate surface area is 122 Å². The van der Waals surface area contributed by atoms with E-state index in [1.807, 2.05) is 0 Å². The zero-order valence-corrected chi connectivity index (χ0v) is 12.9. The Kier molecular flexibility index (Phi) is 5.17. The monoisotopic (exact) mass is 271 g/mol. The van der Waals surface area contributed by atoms with Gasteiger partial charge in [-0.2, -0.15) is 5.26 Å². The summed E-state index contributed by atoms with van der Waals surface area (Å²) in [6.07, 6.45) is 0.924. The van der Waals surface area contributed by atoms with Gasteiger partial charge in [-0.25, -0.2) is 0 Å². The second kappa shape index (κ2) is 6.88. The van der Waals surface area contributed by atoms with Gasteiger partial charge in [-0.3, -0.25) is 9.80 Å². The van der Waals surface area contributed by atoms with Crippen LogP contribution in [0.15, 0.2) is 18.2 Å². The molecular weight excluding hydrogens is 246 g/mol. The number of aryl methyl sites for hydroxylation is 2. The van der Waals surface area contributed by atoms with E-state index in [0.29, 0.717) is 0 Å². The number of piperazine rings is 1. The fraction of sp³-hybridized carbons (Fsp3) is 0.588. The number of benzene rings is 1. The molecule has 20 heavy (non-hydrogen) atoms. The molecule has 1 fully saturated rings. The van der Waals surface area contributed by atoms with Crippen molar-refractivity contribution in [2.24, 2.45) is 0 Å². The third kappa shape index (κ3) is 3.82. The minimum Gasteiger partial charge on any atom is -0.297 e. The third-order valence-corrected chi connectivity index (χ3v) is 4.07. The molecule has 0 aliphatic carbocycles. The van der Waals surface area contributed by atoms with Crippen LogP contribution in [0.25, 0.3) is 0 Å². The molecule has 2 rings (SSSR count). The van der Waals surface area contributed by atoms with Crippen LogP contribution < -0.4 is 0 Å². The normalized spacial score (nSPS) is 18.7. The summed E-state index contributed by atoms with van der Waals surface area (Å²) < 4.78 is 0. The van der Waals surface area contributed by atoms with E-state index in [-0.39, 0.29) is 6.04 Å². The molecule has 0 radical (unpaired) electrons. The molecule has 1 atom stereocenters. The topological polar surface area (TPSA) is 30.3 Å². The molecule has 0 bridgehead atoms. The van der Waals surface area contributed by atoms with Crippen LogP contribution in [0.2, 0.25) is 0 Å². The summed E-state index contributed by atoms with van der Waals surface area (Å²) in [6, 6.07) is 9.29. The molecule has 1 unspecified atom stereocenters. The summed E-state index contributed by atoms with van der Waals surface area (Å²) in [5.41, 5.74) is 4.09. The van der Waals surface area contributed by atoms with Crippen LogP contribution >= 0.6 is 0 Å². The van der Waals surface area contributed by atoms with Crippen molar-refractivity contribution in [3.05, 3.63) is 34.9 Å². The molecule has 0 N–H and O–H groups in total. The molecule has 0 amide bonds. The Morgan fingerprint density at radius 3 is 2.20 bits per heavy atom. The highest BCUT2D eigenvalue weighted by Gasteiger charge is 2.22. The van der Waals surface area contributed by atoms with Crippen LogP contribution in [0.5, 0.6) is 0 Å². The van der Waals surface area contributed by atoms with Crippen molar-refractivity contribution in [1.29, 1.82) is 5.26 Å². The lowest BCUT2D eigenvalue weighted by Crippen LogP contribution is -2.49. The third-order valence-electron chi connectivity index (χ3n) is 4.07. The van der Waals surface area contributed by atoms with Crippen molar-refractivity contribution < 1.29 is 0 Å². The van der Waals surface area contributed by atoms with Crippen molar-refractivity contribution in [1.82, 2.24) is 9.80 Å². The first-order chi connectivity index (χ1) is 9.62. The summed E-state index contributed by atoms with van der Waals surface area (Å²) in [4.78, 5) is 4.81. The number of hydrogen-bond acceptors (Lipinski definition) is 3. The highest BCUT2D eigenvalue weighted by molar-refractivity contribution is 5.28. The van der Waals surface area contributed by atoms with Crippen LogP contribution in [0.1, 0.15) is 30.0 Å². The van der Waals surface area contributed by atoms with Gasteiger partial charge in [-0.1, -0.05) is 36.2 Å². The Bertz CT molecular complexity index is 461. The molecule has 1 aromatic rings. The van der Waals surface area contributed by atoms with E-state index in [0.717, 1.165) is 39.1 Å². The minimum absolute atomic E-state index is 0.0957. The number of nitrogens with zero attached hydrogens (tertiary/aromatic N) is 3. The van der Waals surface area contributed by atoms with Gasteiger partial charge in [-0.15, -0.1) is 0 Å². The van der Waals surface area contributed by atoms with Crippen molar-refractivity contribution >= 4 is 0 Å². The summed E-state index contributed by atoms with van der Waals surface area (Å²) in [5.74, 6) is 0. The Balaban J connectivity index is 1.90. The number of rotatable bonds is 4. The molecule has 1 heterocycles. The van der Waals surface area contributed by atoms with Crippen molar-refractivity contribution in [2.75, 3.05) is 26.2 Å². The largest absolute Gasteiger partial charge is 0.297 e. The van der Waals surface area contributed by atoms with E-state index < -0.39 is 0 Å². The van der Waals surface area contributed by atoms with E-state index in [2.05, 4.69) is 54.8 Å². The van der Waals surface area contributed by atoms with Gasteiger partial charge in [0.1, 0.15) is 0 Å². The van der Waals surface area contributed by atoms with Gasteiger partial charge < -0.3 is 0 Å². The Morgan fingerprint density at radius 1 is 1.10 bits per heavy atom. The summed E-state index contributed by atoms with van der Waals surface area (Å²) in [6.45, 7) is 11.6. The maximum atomic E-state index is 9.14. The summed E-state index contributed by atoms with van der Waals surface area (Å²) >= 11 is 0. The van der Waals surface area contributed by atoms with Gasteiger partial charge >= 0.3 is 0 Å². The van der Waals surface area contributed by atoms with Crippen molar-refractivity contribution in [3.63, 3.8) is 0 Å². The first-order valence-corrected chi connectivity index (χ1v) is 7.55. The average Bonchev–Trinajstić information content (AvgIpc) is 2.41. The molecule has 3 heteroatoms. The summed E-state index contributed by atoms with van der Waals surface area (Å²) in [5, 5.41) is 9.14. The molecule has 108 valence electrons. The predicted molar refractivity (Wildman–Crippen MR) is 82.5 cm³/mol. The van der Waals surface area contributed by atoms with Gasteiger partial charge in [-0.05, 0) is 25.8 Å². The second-order valence-corrected chi connectivity index (χ2v) is 5.86. The highest BCUT2D eigenvalue weighted by atomic mass is 15.3. The molecule has 0 spiro atoms. The predicted octanol–water partition coefficient (Wildman–Crippen LogP) is 2.72.